The summed E-state index contributed by atoms with van der Waals surface area (Å²) < 4.78 is 37.7. The summed E-state index contributed by atoms with van der Waals surface area (Å²) in [5.74, 6) is -0.268. The Labute approximate surface area is 90.3 Å². The molecule has 0 fully saturated rings. The van der Waals surface area contributed by atoms with Crippen molar-refractivity contribution in [1.29, 1.82) is 0 Å². The van der Waals surface area contributed by atoms with Crippen LogP contribution in [-0.2, 0) is 6.18 Å². The molecule has 0 atom stereocenters. The molecule has 1 heterocycles. The van der Waals surface area contributed by atoms with Crippen LogP contribution in [0.25, 0.3) is 0 Å². The van der Waals surface area contributed by atoms with Gasteiger partial charge in [-0.05, 0) is 12.2 Å². The van der Waals surface area contributed by atoms with E-state index in [2.05, 4.69) is 9.97 Å². The summed E-state index contributed by atoms with van der Waals surface area (Å²) in [6, 6.07) is 0. The lowest BCUT2D eigenvalue weighted by atomic mass is 10.1. The van der Waals surface area contributed by atoms with Gasteiger partial charge in [-0.2, -0.15) is 13.2 Å². The van der Waals surface area contributed by atoms with Crippen LogP contribution < -0.4 is 0 Å². The summed E-state index contributed by atoms with van der Waals surface area (Å²) in [6.07, 6.45) is -1.79. The number of rotatable bonds is 2. The fourth-order valence-electron chi connectivity index (χ4n) is 1.13. The molecule has 2 nitrogen and oxygen atoms in total. The first kappa shape index (κ1) is 12.3. The van der Waals surface area contributed by atoms with Crippen LogP contribution >= 0.6 is 11.8 Å². The average Bonchev–Trinajstić information content (AvgIpc) is 2.15. The molecule has 0 spiro atoms. The maximum atomic E-state index is 12.6. The molecule has 0 aromatic carbocycles. The van der Waals surface area contributed by atoms with E-state index >= 15 is 0 Å². The zero-order chi connectivity index (χ0) is 11.6. The fourth-order valence-corrected chi connectivity index (χ4v) is 1.48. The minimum absolute atomic E-state index is 0.0573. The van der Waals surface area contributed by atoms with Crippen LogP contribution in [0.15, 0.2) is 11.4 Å². The summed E-state index contributed by atoms with van der Waals surface area (Å²) in [5.41, 5.74) is -0.683. The maximum Gasteiger partial charge on any atom is 0.419 e. The second-order valence-corrected chi connectivity index (χ2v) is 4.08. The molecular weight excluding hydrogens is 225 g/mol. The number of alkyl halides is 3. The van der Waals surface area contributed by atoms with Crippen LogP contribution in [0.2, 0.25) is 0 Å². The van der Waals surface area contributed by atoms with Crippen molar-refractivity contribution in [2.24, 2.45) is 0 Å². The third-order valence-electron chi connectivity index (χ3n) is 1.83. The molecule has 0 aliphatic rings. The van der Waals surface area contributed by atoms with Crippen LogP contribution in [0.1, 0.15) is 31.0 Å². The molecule has 0 aliphatic carbocycles. The van der Waals surface area contributed by atoms with Gasteiger partial charge in [0.05, 0.1) is 11.3 Å². The van der Waals surface area contributed by atoms with Crippen molar-refractivity contribution in [3.63, 3.8) is 0 Å². The molecule has 0 unspecified atom stereocenters. The van der Waals surface area contributed by atoms with Crippen molar-refractivity contribution in [2.45, 2.75) is 31.1 Å². The first-order chi connectivity index (χ1) is 6.86. The number of hydrogen-bond acceptors (Lipinski definition) is 3. The Balaban J connectivity index is 3.28. The van der Waals surface area contributed by atoms with Crippen molar-refractivity contribution < 1.29 is 13.2 Å². The fraction of sp³-hybridized carbons (Fsp3) is 0.556. The zero-order valence-corrected chi connectivity index (χ0v) is 9.41. The Bertz CT molecular complexity index is 350. The van der Waals surface area contributed by atoms with E-state index in [1.165, 1.54) is 11.8 Å². The summed E-state index contributed by atoms with van der Waals surface area (Å²) in [5, 5.41) is 0.367. The smallest absolute Gasteiger partial charge is 0.230 e. The van der Waals surface area contributed by atoms with Gasteiger partial charge in [-0.3, -0.25) is 0 Å². The third kappa shape index (κ3) is 2.84. The molecule has 0 radical (unpaired) electrons. The molecule has 0 aliphatic heterocycles. The highest BCUT2D eigenvalue weighted by molar-refractivity contribution is 7.98. The Morgan fingerprint density at radius 1 is 1.33 bits per heavy atom. The van der Waals surface area contributed by atoms with E-state index in [-0.39, 0.29) is 11.6 Å². The lowest BCUT2D eigenvalue weighted by molar-refractivity contribution is -0.139. The van der Waals surface area contributed by atoms with E-state index in [1.807, 2.05) is 0 Å². The normalized spacial score (nSPS) is 12.2. The lowest BCUT2D eigenvalue weighted by Gasteiger charge is -2.14. The Kier molecular flexibility index (Phi) is 3.59. The van der Waals surface area contributed by atoms with Crippen molar-refractivity contribution in [1.82, 2.24) is 9.97 Å². The first-order valence-corrected chi connectivity index (χ1v) is 5.57. The van der Waals surface area contributed by atoms with Crippen molar-refractivity contribution >= 4 is 11.8 Å². The third-order valence-corrected chi connectivity index (χ3v) is 2.39. The SMILES string of the molecule is CSc1ncc(C(F)(F)F)c(C(C)C)n1. The highest BCUT2D eigenvalue weighted by Gasteiger charge is 2.35. The van der Waals surface area contributed by atoms with Gasteiger partial charge in [0, 0.05) is 6.20 Å². The highest BCUT2D eigenvalue weighted by Crippen LogP contribution is 2.34. The predicted molar refractivity (Wildman–Crippen MR) is 52.9 cm³/mol. The molecule has 1 rings (SSSR count). The summed E-state index contributed by atoms with van der Waals surface area (Å²) in [7, 11) is 0. The molecule has 6 heteroatoms. The van der Waals surface area contributed by atoms with Crippen LogP contribution in [0.5, 0.6) is 0 Å². The molecule has 0 N–H and O–H groups in total. The van der Waals surface area contributed by atoms with Crippen molar-refractivity contribution in [3.05, 3.63) is 17.5 Å². The van der Waals surface area contributed by atoms with Gasteiger partial charge >= 0.3 is 6.18 Å². The van der Waals surface area contributed by atoms with Gasteiger partial charge in [-0.1, -0.05) is 25.6 Å². The average molecular weight is 236 g/mol. The molecular formula is C9H11F3N2S. The zero-order valence-electron chi connectivity index (χ0n) is 8.59. The molecule has 15 heavy (non-hydrogen) atoms. The van der Waals surface area contributed by atoms with Gasteiger partial charge in [0.15, 0.2) is 5.16 Å². The van der Waals surface area contributed by atoms with Gasteiger partial charge < -0.3 is 0 Å². The molecule has 0 bridgehead atoms. The first-order valence-electron chi connectivity index (χ1n) is 4.34. The monoisotopic (exact) mass is 236 g/mol. The van der Waals surface area contributed by atoms with Crippen LogP contribution in [0.3, 0.4) is 0 Å². The Hall–Kier alpha value is -0.780. The van der Waals surface area contributed by atoms with E-state index in [0.717, 1.165) is 6.20 Å². The largest absolute Gasteiger partial charge is 0.419 e. The Morgan fingerprint density at radius 3 is 2.33 bits per heavy atom. The van der Waals surface area contributed by atoms with E-state index in [9.17, 15) is 13.2 Å². The topological polar surface area (TPSA) is 25.8 Å². The van der Waals surface area contributed by atoms with E-state index in [1.54, 1.807) is 20.1 Å². The molecule has 0 saturated heterocycles. The van der Waals surface area contributed by atoms with E-state index in [0.29, 0.717) is 5.16 Å². The number of hydrogen-bond donors (Lipinski definition) is 0. The highest BCUT2D eigenvalue weighted by atomic mass is 32.2. The quantitative estimate of drug-likeness (QED) is 0.581. The van der Waals surface area contributed by atoms with Gasteiger partial charge in [-0.25, -0.2) is 9.97 Å². The number of aromatic nitrogens is 2. The second kappa shape index (κ2) is 4.38. The molecule has 1 aromatic rings. The minimum atomic E-state index is -4.38. The van der Waals surface area contributed by atoms with Gasteiger partial charge in [0.25, 0.3) is 0 Å². The summed E-state index contributed by atoms with van der Waals surface area (Å²) in [6.45, 7) is 3.36. The number of thioether (sulfide) groups is 1. The summed E-state index contributed by atoms with van der Waals surface area (Å²) in [4.78, 5) is 7.53. The second-order valence-electron chi connectivity index (χ2n) is 3.31. The number of halogens is 3. The minimum Gasteiger partial charge on any atom is -0.230 e. The number of nitrogens with zero attached hydrogens (tertiary/aromatic N) is 2. The maximum absolute atomic E-state index is 12.6. The summed E-state index contributed by atoms with van der Waals surface area (Å²) >= 11 is 1.23. The molecule has 1 aromatic heterocycles. The van der Waals surface area contributed by atoms with Crippen molar-refractivity contribution in [3.8, 4) is 0 Å². The standard InChI is InChI=1S/C9H11F3N2S/c1-5(2)7-6(9(10,11)12)4-13-8(14-7)15-3/h4-5H,1-3H3. The van der Waals surface area contributed by atoms with E-state index in [4.69, 9.17) is 0 Å². The predicted octanol–water partition coefficient (Wildman–Crippen LogP) is 3.34. The van der Waals surface area contributed by atoms with Gasteiger partial charge in [-0.15, -0.1) is 0 Å². The molecule has 84 valence electrons. The van der Waals surface area contributed by atoms with E-state index < -0.39 is 11.7 Å². The molecule has 0 saturated carbocycles. The Morgan fingerprint density at radius 2 is 1.93 bits per heavy atom. The van der Waals surface area contributed by atoms with Gasteiger partial charge in [0.2, 0.25) is 0 Å². The van der Waals surface area contributed by atoms with Crippen LogP contribution in [0, 0.1) is 0 Å². The van der Waals surface area contributed by atoms with Crippen LogP contribution in [0.4, 0.5) is 13.2 Å². The van der Waals surface area contributed by atoms with Crippen molar-refractivity contribution in [2.75, 3.05) is 6.26 Å². The molecule has 0 amide bonds. The lowest BCUT2D eigenvalue weighted by Crippen LogP contribution is -2.13. The van der Waals surface area contributed by atoms with Gasteiger partial charge in [0.1, 0.15) is 0 Å². The van der Waals surface area contributed by atoms with Crippen LogP contribution in [-0.4, -0.2) is 16.2 Å².